The van der Waals surface area contributed by atoms with Gasteiger partial charge < -0.3 is 14.9 Å². The highest BCUT2D eigenvalue weighted by atomic mass is 16.3. The first-order valence-corrected chi connectivity index (χ1v) is 9.12. The Morgan fingerprint density at radius 2 is 1.96 bits per heavy atom. The van der Waals surface area contributed by atoms with Crippen molar-refractivity contribution >= 4 is 11.6 Å². The van der Waals surface area contributed by atoms with Crippen molar-refractivity contribution in [3.63, 3.8) is 0 Å². The number of aryl methyl sites for hydroxylation is 1. The standard InChI is InChI=1S/C19H29N3O2/c1-16-6-2-3-8-18(16)21-10-5-11-22(13-12-21)19(24)15-20-9-4-7-17(23)14-20/h2-3,6,8,17,23H,4-5,7,9-15H2,1H3/t17-/m1/s1. The summed E-state index contributed by atoms with van der Waals surface area (Å²) in [5.41, 5.74) is 2.57. The fourth-order valence-electron chi connectivity index (χ4n) is 3.79. The van der Waals surface area contributed by atoms with Crippen molar-refractivity contribution in [2.75, 3.05) is 50.7 Å². The summed E-state index contributed by atoms with van der Waals surface area (Å²) >= 11 is 0. The van der Waals surface area contributed by atoms with Gasteiger partial charge in [-0.15, -0.1) is 0 Å². The molecule has 3 rings (SSSR count). The van der Waals surface area contributed by atoms with E-state index < -0.39 is 0 Å². The van der Waals surface area contributed by atoms with Crippen molar-refractivity contribution in [3.8, 4) is 0 Å². The maximum absolute atomic E-state index is 12.6. The van der Waals surface area contributed by atoms with Gasteiger partial charge in [-0.25, -0.2) is 0 Å². The number of aliphatic hydroxyl groups excluding tert-OH is 1. The Balaban J connectivity index is 1.55. The zero-order chi connectivity index (χ0) is 16.9. The summed E-state index contributed by atoms with van der Waals surface area (Å²) < 4.78 is 0. The number of carbonyl (C=O) groups excluding carboxylic acids is 1. The molecule has 0 bridgehead atoms. The van der Waals surface area contributed by atoms with Crippen molar-refractivity contribution < 1.29 is 9.90 Å². The molecule has 2 fully saturated rings. The lowest BCUT2D eigenvalue weighted by Crippen LogP contribution is -2.46. The Kier molecular flexibility index (Phi) is 5.74. The van der Waals surface area contributed by atoms with Crippen LogP contribution >= 0.6 is 0 Å². The highest BCUT2D eigenvalue weighted by molar-refractivity contribution is 5.78. The molecule has 2 saturated heterocycles. The van der Waals surface area contributed by atoms with E-state index in [-0.39, 0.29) is 12.0 Å². The van der Waals surface area contributed by atoms with Crippen LogP contribution in [0.1, 0.15) is 24.8 Å². The molecule has 5 nitrogen and oxygen atoms in total. The van der Waals surface area contributed by atoms with E-state index in [1.807, 2.05) is 4.90 Å². The number of aliphatic hydroxyl groups is 1. The highest BCUT2D eigenvalue weighted by Crippen LogP contribution is 2.21. The summed E-state index contributed by atoms with van der Waals surface area (Å²) in [4.78, 5) is 19.1. The van der Waals surface area contributed by atoms with Crippen molar-refractivity contribution in [2.24, 2.45) is 0 Å². The topological polar surface area (TPSA) is 47.0 Å². The van der Waals surface area contributed by atoms with E-state index in [2.05, 4.69) is 41.0 Å². The molecule has 0 saturated carbocycles. The van der Waals surface area contributed by atoms with E-state index >= 15 is 0 Å². The molecule has 2 heterocycles. The minimum Gasteiger partial charge on any atom is -0.392 e. The Morgan fingerprint density at radius 3 is 2.75 bits per heavy atom. The fraction of sp³-hybridized carbons (Fsp3) is 0.632. The number of hydrogen-bond acceptors (Lipinski definition) is 4. The second-order valence-electron chi connectivity index (χ2n) is 7.04. The molecule has 0 spiro atoms. The van der Waals surface area contributed by atoms with Crippen LogP contribution in [0.15, 0.2) is 24.3 Å². The SMILES string of the molecule is Cc1ccccc1N1CCCN(C(=O)CN2CCC[C@@H](O)C2)CC1. The molecule has 0 unspecified atom stereocenters. The quantitative estimate of drug-likeness (QED) is 0.912. The minimum absolute atomic E-state index is 0.204. The van der Waals surface area contributed by atoms with Gasteiger partial charge in [0.05, 0.1) is 12.6 Å². The van der Waals surface area contributed by atoms with Crippen LogP contribution in [0.25, 0.3) is 0 Å². The molecule has 2 aliphatic heterocycles. The number of rotatable bonds is 3. The summed E-state index contributed by atoms with van der Waals surface area (Å²) in [5, 5.41) is 9.76. The van der Waals surface area contributed by atoms with Gasteiger partial charge in [0.1, 0.15) is 0 Å². The average Bonchev–Trinajstić information content (AvgIpc) is 2.81. The maximum Gasteiger partial charge on any atom is 0.236 e. The van der Waals surface area contributed by atoms with Gasteiger partial charge in [-0.05, 0) is 44.4 Å². The first kappa shape index (κ1) is 17.2. The molecule has 5 heteroatoms. The van der Waals surface area contributed by atoms with E-state index in [0.29, 0.717) is 13.1 Å². The number of carbonyl (C=O) groups is 1. The highest BCUT2D eigenvalue weighted by Gasteiger charge is 2.24. The number of β-amino-alcohol motifs (C(OH)–C–C–N with tert-alkyl or cyclic N) is 1. The number of benzene rings is 1. The van der Waals surface area contributed by atoms with Gasteiger partial charge in [0.2, 0.25) is 5.91 Å². The van der Waals surface area contributed by atoms with Crippen molar-refractivity contribution in [2.45, 2.75) is 32.3 Å². The van der Waals surface area contributed by atoms with Crippen LogP contribution in [0.4, 0.5) is 5.69 Å². The van der Waals surface area contributed by atoms with E-state index in [1.165, 1.54) is 11.3 Å². The number of amides is 1. The molecule has 1 atom stereocenters. The Hall–Kier alpha value is -1.59. The number of likely N-dealkylation sites (tertiary alicyclic amines) is 1. The van der Waals surface area contributed by atoms with E-state index in [1.54, 1.807) is 0 Å². The molecule has 2 aliphatic rings. The number of anilines is 1. The fourth-order valence-corrected chi connectivity index (χ4v) is 3.79. The van der Waals surface area contributed by atoms with E-state index in [0.717, 1.165) is 52.0 Å². The van der Waals surface area contributed by atoms with Crippen molar-refractivity contribution in [1.82, 2.24) is 9.80 Å². The number of piperidine rings is 1. The van der Waals surface area contributed by atoms with Crippen LogP contribution in [0, 0.1) is 6.92 Å². The van der Waals surface area contributed by atoms with Gasteiger partial charge in [-0.3, -0.25) is 9.69 Å². The van der Waals surface area contributed by atoms with Gasteiger partial charge in [-0.1, -0.05) is 18.2 Å². The van der Waals surface area contributed by atoms with Crippen LogP contribution in [0.3, 0.4) is 0 Å². The third-order valence-electron chi connectivity index (χ3n) is 5.14. The molecule has 0 radical (unpaired) electrons. The lowest BCUT2D eigenvalue weighted by molar-refractivity contribution is -0.132. The number of hydrogen-bond donors (Lipinski definition) is 1. The normalized spacial score (nSPS) is 23.2. The molecule has 1 aromatic carbocycles. The Morgan fingerprint density at radius 1 is 1.12 bits per heavy atom. The maximum atomic E-state index is 12.6. The summed E-state index contributed by atoms with van der Waals surface area (Å²) in [6, 6.07) is 8.46. The first-order valence-electron chi connectivity index (χ1n) is 9.12. The molecular weight excluding hydrogens is 302 g/mol. The lowest BCUT2D eigenvalue weighted by Gasteiger charge is -2.31. The van der Waals surface area contributed by atoms with E-state index in [9.17, 15) is 9.90 Å². The van der Waals surface area contributed by atoms with Crippen molar-refractivity contribution in [3.05, 3.63) is 29.8 Å². The summed E-state index contributed by atoms with van der Waals surface area (Å²) in [7, 11) is 0. The predicted octanol–water partition coefficient (Wildman–Crippen LogP) is 1.49. The third kappa shape index (κ3) is 4.28. The first-order chi connectivity index (χ1) is 11.6. The van der Waals surface area contributed by atoms with Gasteiger partial charge >= 0.3 is 0 Å². The van der Waals surface area contributed by atoms with Crippen LogP contribution in [-0.4, -0.2) is 72.7 Å². The number of nitrogens with zero attached hydrogens (tertiary/aromatic N) is 3. The molecule has 0 aromatic heterocycles. The summed E-state index contributed by atoms with van der Waals surface area (Å²) in [6.07, 6.45) is 2.57. The van der Waals surface area contributed by atoms with Crippen molar-refractivity contribution in [1.29, 1.82) is 0 Å². The van der Waals surface area contributed by atoms with Crippen LogP contribution in [-0.2, 0) is 4.79 Å². The molecular formula is C19H29N3O2. The molecule has 24 heavy (non-hydrogen) atoms. The minimum atomic E-state index is -0.271. The number of para-hydroxylation sites is 1. The van der Waals surface area contributed by atoms with Crippen LogP contribution in [0.5, 0.6) is 0 Å². The zero-order valence-corrected chi connectivity index (χ0v) is 14.7. The van der Waals surface area contributed by atoms with Crippen LogP contribution < -0.4 is 4.90 Å². The molecule has 1 aromatic rings. The molecule has 0 aliphatic carbocycles. The van der Waals surface area contributed by atoms with Gasteiger partial charge in [0.15, 0.2) is 0 Å². The molecule has 132 valence electrons. The van der Waals surface area contributed by atoms with Crippen LogP contribution in [0.2, 0.25) is 0 Å². The largest absolute Gasteiger partial charge is 0.392 e. The Labute approximate surface area is 144 Å². The summed E-state index contributed by atoms with van der Waals surface area (Å²) in [5.74, 6) is 0.204. The Bertz CT molecular complexity index is 563. The van der Waals surface area contributed by atoms with Gasteiger partial charge in [0.25, 0.3) is 0 Å². The second kappa shape index (κ2) is 7.99. The smallest absolute Gasteiger partial charge is 0.236 e. The van der Waals surface area contributed by atoms with Gasteiger partial charge in [-0.2, -0.15) is 0 Å². The monoisotopic (exact) mass is 331 g/mol. The zero-order valence-electron chi connectivity index (χ0n) is 14.7. The second-order valence-corrected chi connectivity index (χ2v) is 7.04. The van der Waals surface area contributed by atoms with E-state index in [4.69, 9.17) is 0 Å². The predicted molar refractivity (Wildman–Crippen MR) is 96.3 cm³/mol. The van der Waals surface area contributed by atoms with Gasteiger partial charge in [0, 0.05) is 38.4 Å². The third-order valence-corrected chi connectivity index (χ3v) is 5.14. The lowest BCUT2D eigenvalue weighted by atomic mass is 10.1. The molecule has 1 amide bonds. The summed E-state index contributed by atoms with van der Waals surface area (Å²) in [6.45, 7) is 7.64. The average molecular weight is 331 g/mol. The molecule has 1 N–H and O–H groups in total.